The summed E-state index contributed by atoms with van der Waals surface area (Å²) in [5.41, 5.74) is 0.566. The van der Waals surface area contributed by atoms with Gasteiger partial charge in [-0.2, -0.15) is 0 Å². The molecule has 0 aromatic heterocycles. The van der Waals surface area contributed by atoms with Crippen molar-refractivity contribution in [1.82, 2.24) is 4.90 Å². The zero-order chi connectivity index (χ0) is 23.5. The third-order valence-electron chi connectivity index (χ3n) is 4.83. The lowest BCUT2D eigenvalue weighted by atomic mass is 10.3. The molecule has 172 valence electrons. The maximum absolute atomic E-state index is 12.2. The van der Waals surface area contributed by atoms with Gasteiger partial charge in [-0.25, -0.2) is 0 Å². The topological polar surface area (TPSA) is 48.0 Å². The molecule has 1 amide bonds. The maximum atomic E-state index is 12.2. The Morgan fingerprint density at radius 3 is 1.55 bits per heavy atom. The monoisotopic (exact) mass is 493 g/mol. The minimum atomic E-state index is -2.88. The number of hydrogen-bond acceptors (Lipinski definition) is 4. The fraction of sp³-hybridized carbons (Fsp3) is 0.842. The van der Waals surface area contributed by atoms with Crippen LogP contribution in [0.5, 0.6) is 0 Å². The van der Waals surface area contributed by atoms with Gasteiger partial charge in [-0.3, -0.25) is 4.79 Å². The van der Waals surface area contributed by atoms with E-state index in [4.69, 9.17) is 12.3 Å². The van der Waals surface area contributed by atoms with E-state index in [2.05, 4.69) is 78.6 Å². The molecule has 0 unspecified atom stereocenters. The number of rotatable bonds is 12. The molecule has 0 heterocycles. The predicted molar refractivity (Wildman–Crippen MR) is 138 cm³/mol. The SMILES string of the molecule is C=C(C)C(=O)N(C)CCC[Si](O[Si](C)(C)C)(O[Si](C)(C)C)O[Si](C)(C)[Si](C)(C)C. The molecule has 0 N–H and O–H groups in total. The molecule has 0 aliphatic rings. The van der Waals surface area contributed by atoms with Gasteiger partial charge in [0.05, 0.1) is 7.59 Å². The van der Waals surface area contributed by atoms with Crippen LogP contribution in [-0.4, -0.2) is 65.3 Å². The van der Waals surface area contributed by atoms with Gasteiger partial charge in [0.1, 0.15) is 0 Å². The summed E-state index contributed by atoms with van der Waals surface area (Å²) in [6.07, 6.45) is 0.812. The lowest BCUT2D eigenvalue weighted by Gasteiger charge is -2.47. The Kier molecular flexibility index (Phi) is 10.3. The van der Waals surface area contributed by atoms with Crippen LogP contribution in [0.2, 0.25) is 78.1 Å². The van der Waals surface area contributed by atoms with Crippen molar-refractivity contribution in [3.63, 3.8) is 0 Å². The maximum Gasteiger partial charge on any atom is 0.469 e. The molecule has 0 radical (unpaired) electrons. The Morgan fingerprint density at radius 1 is 0.828 bits per heavy atom. The van der Waals surface area contributed by atoms with Crippen molar-refractivity contribution in [3.8, 4) is 0 Å². The molecule has 5 nitrogen and oxygen atoms in total. The molecular weight excluding hydrogens is 447 g/mol. The van der Waals surface area contributed by atoms with Crippen LogP contribution in [0.3, 0.4) is 0 Å². The average molecular weight is 494 g/mol. The van der Waals surface area contributed by atoms with Crippen LogP contribution in [0.1, 0.15) is 13.3 Å². The van der Waals surface area contributed by atoms with E-state index in [9.17, 15) is 4.79 Å². The minimum absolute atomic E-state index is 0.00721. The van der Waals surface area contributed by atoms with Gasteiger partial charge >= 0.3 is 8.80 Å². The van der Waals surface area contributed by atoms with Gasteiger partial charge in [-0.1, -0.05) is 26.2 Å². The predicted octanol–water partition coefficient (Wildman–Crippen LogP) is 5.69. The first-order valence-electron chi connectivity index (χ1n) is 10.6. The van der Waals surface area contributed by atoms with Gasteiger partial charge in [0.2, 0.25) is 5.91 Å². The lowest BCUT2D eigenvalue weighted by molar-refractivity contribution is -0.125. The number of nitrogens with zero attached hydrogens (tertiary/aromatic N) is 1. The Morgan fingerprint density at radius 2 is 1.24 bits per heavy atom. The molecule has 0 aliphatic carbocycles. The first-order chi connectivity index (χ1) is 12.6. The van der Waals surface area contributed by atoms with Crippen LogP contribution >= 0.6 is 0 Å². The van der Waals surface area contributed by atoms with E-state index >= 15 is 0 Å². The standard InChI is InChI=1S/C19H47NO4Si5/c1-18(2)19(21)20(3)16-15-17-29(22-25(4,5)6,23-26(7,8)9)24-28(13,14)27(10,11)12/h1,15-17H2,2-14H3. The van der Waals surface area contributed by atoms with Crippen molar-refractivity contribution >= 4 is 46.8 Å². The highest BCUT2D eigenvalue weighted by Gasteiger charge is 2.53. The molecule has 0 spiro atoms. The van der Waals surface area contributed by atoms with E-state index in [1.165, 1.54) is 0 Å². The molecule has 0 aliphatic heterocycles. The molecule has 0 saturated heterocycles. The molecular formula is C19H47NO4Si5. The van der Waals surface area contributed by atoms with Crippen molar-refractivity contribution in [1.29, 1.82) is 0 Å². The summed E-state index contributed by atoms with van der Waals surface area (Å²) in [5, 5.41) is 0. The molecule has 0 atom stereocenters. The smallest absolute Gasteiger partial charge is 0.419 e. The summed E-state index contributed by atoms with van der Waals surface area (Å²) in [6.45, 7) is 31.3. The fourth-order valence-corrected chi connectivity index (χ4v) is 22.0. The normalized spacial score (nSPS) is 14.1. The number of carbonyl (C=O) groups is 1. The Labute approximate surface area is 185 Å². The molecule has 0 bridgehead atoms. The largest absolute Gasteiger partial charge is 0.469 e. The number of amides is 1. The first-order valence-corrected chi connectivity index (χ1v) is 26.8. The van der Waals surface area contributed by atoms with Gasteiger partial charge in [0, 0.05) is 25.2 Å². The lowest BCUT2D eigenvalue weighted by Crippen LogP contribution is -2.66. The number of likely N-dealkylation sites (N-methyl/N-ethyl adjacent to an activating group) is 1. The van der Waals surface area contributed by atoms with Crippen molar-refractivity contribution in [2.75, 3.05) is 13.6 Å². The molecule has 29 heavy (non-hydrogen) atoms. The number of carbonyl (C=O) groups excluding carboxylic acids is 1. The van der Waals surface area contributed by atoms with Crippen LogP contribution in [0, 0.1) is 0 Å². The summed E-state index contributed by atoms with van der Waals surface area (Å²) in [4.78, 5) is 13.9. The summed E-state index contributed by atoms with van der Waals surface area (Å²) in [6, 6.07) is 0.760. The van der Waals surface area contributed by atoms with E-state index in [1.54, 1.807) is 11.8 Å². The minimum Gasteiger partial charge on any atom is -0.419 e. The quantitative estimate of drug-likeness (QED) is 0.259. The third-order valence-corrected chi connectivity index (χ3v) is 31.8. The summed E-state index contributed by atoms with van der Waals surface area (Å²) < 4.78 is 20.7. The fourth-order valence-electron chi connectivity index (χ4n) is 2.65. The second-order valence-corrected chi connectivity index (χ2v) is 40.0. The second kappa shape index (κ2) is 10.2. The third kappa shape index (κ3) is 10.9. The van der Waals surface area contributed by atoms with Crippen LogP contribution < -0.4 is 0 Å². The summed E-state index contributed by atoms with van der Waals surface area (Å²) in [5.74, 6) is -0.00721. The highest BCUT2D eigenvalue weighted by molar-refractivity contribution is 7.38. The van der Waals surface area contributed by atoms with E-state index in [0.717, 1.165) is 12.5 Å². The van der Waals surface area contributed by atoms with Gasteiger partial charge in [-0.15, -0.1) is 0 Å². The Balaban J connectivity index is 5.85. The second-order valence-electron chi connectivity index (χ2n) is 11.6. The highest BCUT2D eigenvalue weighted by atomic mass is 29.3. The van der Waals surface area contributed by atoms with Gasteiger partial charge in [0.25, 0.3) is 0 Å². The van der Waals surface area contributed by atoms with Crippen molar-refractivity contribution in [2.24, 2.45) is 0 Å². The first kappa shape index (κ1) is 29.2. The summed E-state index contributed by atoms with van der Waals surface area (Å²) in [7, 11) is -8.28. The molecule has 0 fully saturated rings. The summed E-state index contributed by atoms with van der Waals surface area (Å²) >= 11 is 0. The zero-order valence-electron chi connectivity index (χ0n) is 21.4. The highest BCUT2D eigenvalue weighted by Crippen LogP contribution is 2.33. The van der Waals surface area contributed by atoms with Crippen molar-refractivity contribution in [2.45, 2.75) is 91.4 Å². The van der Waals surface area contributed by atoms with E-state index in [-0.39, 0.29) is 5.91 Å². The average Bonchev–Trinajstić information content (AvgIpc) is 2.40. The molecule has 0 aromatic carbocycles. The van der Waals surface area contributed by atoms with Crippen LogP contribution in [0.25, 0.3) is 0 Å². The van der Waals surface area contributed by atoms with Crippen LogP contribution in [0.15, 0.2) is 12.2 Å². The van der Waals surface area contributed by atoms with Crippen LogP contribution in [-0.2, 0) is 17.1 Å². The van der Waals surface area contributed by atoms with Crippen molar-refractivity contribution < 1.29 is 17.1 Å². The van der Waals surface area contributed by atoms with Crippen LogP contribution in [0.4, 0.5) is 0 Å². The molecule has 10 heteroatoms. The van der Waals surface area contributed by atoms with Gasteiger partial charge in [-0.05, 0) is 65.7 Å². The Hall–Kier alpha value is 0.174. The zero-order valence-corrected chi connectivity index (χ0v) is 26.4. The van der Waals surface area contributed by atoms with Crippen molar-refractivity contribution in [3.05, 3.63) is 12.2 Å². The van der Waals surface area contributed by atoms with E-state index in [1.807, 2.05) is 7.05 Å². The molecule has 0 saturated carbocycles. The molecule has 0 rings (SSSR count). The number of hydrogen-bond donors (Lipinski definition) is 0. The van der Waals surface area contributed by atoms with Gasteiger partial charge < -0.3 is 17.2 Å². The van der Waals surface area contributed by atoms with E-state index < -0.39 is 40.9 Å². The van der Waals surface area contributed by atoms with E-state index in [0.29, 0.717) is 12.1 Å². The van der Waals surface area contributed by atoms with Gasteiger partial charge in [0.15, 0.2) is 24.5 Å². The Bertz CT molecular complexity index is 561. The molecule has 0 aromatic rings.